The maximum Gasteiger partial charge on any atom is 0.302 e. The van der Waals surface area contributed by atoms with Crippen molar-refractivity contribution in [3.05, 3.63) is 234 Å². The van der Waals surface area contributed by atoms with Crippen molar-refractivity contribution < 1.29 is 27.7 Å². The number of anilines is 1. The summed E-state index contributed by atoms with van der Waals surface area (Å²) in [5.74, 6) is 1.78. The van der Waals surface area contributed by atoms with Crippen LogP contribution in [0.15, 0.2) is 175 Å². The fourth-order valence-corrected chi connectivity index (χ4v) is 12.9. The Morgan fingerprint density at radius 3 is 2.06 bits per heavy atom. The number of nitrogens with one attached hydrogen (secondary N) is 1. The van der Waals surface area contributed by atoms with Crippen LogP contribution in [0.4, 0.5) is 14.6 Å². The third-order valence-corrected chi connectivity index (χ3v) is 17.5. The molecule has 79 heavy (non-hydrogen) atoms. The average molecular weight is 1190 g/mol. The lowest BCUT2D eigenvalue weighted by molar-refractivity contribution is 0.0255. The summed E-state index contributed by atoms with van der Waals surface area (Å²) in [6.07, 6.45) is 6.54. The van der Waals surface area contributed by atoms with E-state index in [1.54, 1.807) is 20.4 Å². The van der Waals surface area contributed by atoms with Gasteiger partial charge in [0.05, 0.1) is 77.6 Å². The Balaban J connectivity index is 1.01. The number of pyridine rings is 1. The highest BCUT2D eigenvalue weighted by Gasteiger charge is 2.50. The molecule has 12 nitrogen and oxygen atoms in total. The summed E-state index contributed by atoms with van der Waals surface area (Å²) in [5.41, 5.74) is 5.76. The summed E-state index contributed by atoms with van der Waals surface area (Å²) in [4.78, 5) is 21.4. The summed E-state index contributed by atoms with van der Waals surface area (Å²) in [6.45, 7) is 4.52. The second-order valence-corrected chi connectivity index (χ2v) is 22.0. The number of aromatic nitrogens is 3. The van der Waals surface area contributed by atoms with Crippen LogP contribution >= 0.6 is 34.2 Å². The molecular weight excluding hydrogens is 1130 g/mol. The van der Waals surface area contributed by atoms with Crippen LogP contribution in [0, 0.1) is 16.3 Å². The third-order valence-electron chi connectivity index (χ3n) is 15.8. The van der Waals surface area contributed by atoms with Crippen molar-refractivity contribution in [3.63, 3.8) is 0 Å². The third kappa shape index (κ3) is 9.73. The first-order valence-corrected chi connectivity index (χ1v) is 27.9. The molecule has 402 valence electrons. The number of benzene rings is 6. The van der Waals surface area contributed by atoms with E-state index in [1.165, 1.54) is 0 Å². The van der Waals surface area contributed by atoms with Crippen molar-refractivity contribution >= 4 is 45.8 Å². The first kappa shape index (κ1) is 52.2. The molecule has 16 heteroatoms. The highest BCUT2D eigenvalue weighted by molar-refractivity contribution is 14.1. The number of nitrogens with zero attached hydrogens (tertiary/aromatic N) is 7. The number of rotatable bonds is 17. The Morgan fingerprint density at radius 2 is 1.47 bits per heavy atom. The van der Waals surface area contributed by atoms with E-state index in [0.717, 1.165) is 70.0 Å². The predicted octanol–water partition coefficient (Wildman–Crippen LogP) is 11.2. The molecule has 4 aliphatic rings. The van der Waals surface area contributed by atoms with Gasteiger partial charge in [-0.2, -0.15) is 0 Å². The summed E-state index contributed by atoms with van der Waals surface area (Å²) in [6, 6.07) is 49.1. The first-order chi connectivity index (χ1) is 38.6. The fraction of sp³-hybridized carbons (Fsp3) is 0.254. The quantitative estimate of drug-likeness (QED) is 0.0701. The zero-order chi connectivity index (χ0) is 54.3. The molecule has 0 aliphatic carbocycles. The number of fused-ring (bicyclic) bond motifs is 1. The molecule has 6 aromatic carbocycles. The molecule has 2 atom stereocenters. The molecule has 0 radical (unpaired) electrons. The molecule has 0 spiro atoms. The molecule has 2 fully saturated rings. The van der Waals surface area contributed by atoms with Crippen molar-refractivity contribution in [2.75, 3.05) is 45.5 Å². The average Bonchev–Trinajstić information content (AvgIpc) is 4.33. The van der Waals surface area contributed by atoms with E-state index >= 15 is 8.78 Å². The molecule has 6 heterocycles. The van der Waals surface area contributed by atoms with Crippen LogP contribution in [0.1, 0.15) is 58.3 Å². The number of hydrogen-bond acceptors (Lipinski definition) is 11. The number of halogens is 4. The largest absolute Gasteiger partial charge is 0.497 e. The van der Waals surface area contributed by atoms with Gasteiger partial charge in [0.15, 0.2) is 11.6 Å². The normalized spacial score (nSPS) is 17.7. The Morgan fingerprint density at radius 1 is 0.861 bits per heavy atom. The van der Waals surface area contributed by atoms with E-state index in [4.69, 9.17) is 45.5 Å². The van der Waals surface area contributed by atoms with Gasteiger partial charge in [-0.05, 0) is 113 Å². The summed E-state index contributed by atoms with van der Waals surface area (Å²) in [5, 5.41) is 4.25. The van der Waals surface area contributed by atoms with Crippen LogP contribution in [0.2, 0.25) is 5.02 Å². The predicted molar refractivity (Wildman–Crippen MR) is 310 cm³/mol. The van der Waals surface area contributed by atoms with Gasteiger partial charge in [-0.3, -0.25) is 9.89 Å². The van der Waals surface area contributed by atoms with Crippen molar-refractivity contribution in [3.8, 4) is 28.5 Å². The summed E-state index contributed by atoms with van der Waals surface area (Å²) in [7, 11) is 3.29. The highest BCUT2D eigenvalue weighted by atomic mass is 127. The minimum Gasteiger partial charge on any atom is -0.497 e. The summed E-state index contributed by atoms with van der Waals surface area (Å²) >= 11 is 9.84. The van der Waals surface area contributed by atoms with E-state index in [0.29, 0.717) is 57.5 Å². The molecule has 4 aliphatic heterocycles. The molecular formula is C63H58ClF2IN8O4. The van der Waals surface area contributed by atoms with Crippen LogP contribution in [0.5, 0.6) is 17.2 Å². The second kappa shape index (κ2) is 22.0. The lowest BCUT2D eigenvalue weighted by Gasteiger charge is -2.39. The number of hydrogen-bond donors (Lipinski definition) is 1. The van der Waals surface area contributed by atoms with Gasteiger partial charge in [0.25, 0.3) is 0 Å². The molecule has 0 bridgehead atoms. The molecule has 0 unspecified atom stereocenters. The van der Waals surface area contributed by atoms with Gasteiger partial charge < -0.3 is 38.6 Å². The van der Waals surface area contributed by atoms with E-state index in [2.05, 4.69) is 115 Å². The van der Waals surface area contributed by atoms with Crippen LogP contribution in [-0.4, -0.2) is 76.6 Å². The van der Waals surface area contributed by atoms with E-state index in [-0.39, 0.29) is 42.1 Å². The van der Waals surface area contributed by atoms with Crippen LogP contribution < -0.4 is 35.0 Å². The van der Waals surface area contributed by atoms with Gasteiger partial charge >= 0.3 is 5.95 Å². The first-order valence-electron chi connectivity index (χ1n) is 26.5. The summed E-state index contributed by atoms with van der Waals surface area (Å²) < 4.78 is 61.4. The molecule has 2 saturated heterocycles. The number of methoxy groups -OCH3 is 2. The fourth-order valence-electron chi connectivity index (χ4n) is 12.0. The number of imidazole rings is 1. The minimum absolute atomic E-state index is 0.0332. The standard InChI is InChI=1S/C63H58ClF2IN8O4/c1-41-30-51(72(33-42-20-24-49(76-2)25-21-42)34-43-22-26-50(77-3)27-23-43)71-59(57(41)67)53-55(64)58-54-60(56(53)66)79-52(78-38-62-28-13-29-74(62)35-47(65)31-62)37-73(61(54)70-39-69-58)36-48-32-68-40-75(48)63(44-14-7-4-8-15-44,45-16-9-5-10-17-45)46-18-11-6-12-19-46/h4-12,14-27,30,32,37,40,47,70H,13,28-29,31,33-36,38-39H2,1-3H3/t47-,62+/m1/s1. The highest BCUT2D eigenvalue weighted by Crippen LogP contribution is 2.44. The van der Waals surface area contributed by atoms with E-state index < -0.39 is 23.1 Å². The van der Waals surface area contributed by atoms with Crippen LogP contribution in [-0.2, 0) is 29.9 Å². The maximum atomic E-state index is 18.6. The van der Waals surface area contributed by atoms with Gasteiger partial charge in [0.1, 0.15) is 48.1 Å². The molecule has 8 aromatic rings. The minimum atomic E-state index is -0.980. The van der Waals surface area contributed by atoms with Gasteiger partial charge in [-0.1, -0.05) is 127 Å². The van der Waals surface area contributed by atoms with Crippen molar-refractivity contribution in [2.45, 2.75) is 63.1 Å². The Labute approximate surface area is 476 Å². The van der Waals surface area contributed by atoms with E-state index in [9.17, 15) is 0 Å². The zero-order valence-electron chi connectivity index (χ0n) is 44.0. The Kier molecular flexibility index (Phi) is 14.5. The van der Waals surface area contributed by atoms with Gasteiger partial charge in [-0.15, -0.1) is 0 Å². The van der Waals surface area contributed by atoms with Crippen molar-refractivity contribution in [1.82, 2.24) is 29.7 Å². The number of alkyl halides is 1. The van der Waals surface area contributed by atoms with Crippen LogP contribution in [0.25, 0.3) is 17.1 Å². The van der Waals surface area contributed by atoms with Gasteiger partial charge in [0, 0.05) is 29.6 Å². The molecule has 1 N–H and O–H groups in total. The van der Waals surface area contributed by atoms with E-state index in [1.807, 2.05) is 97.1 Å². The molecule has 0 amide bonds. The lowest BCUT2D eigenvalue weighted by atomic mass is 9.76. The van der Waals surface area contributed by atoms with Crippen LogP contribution in [0.3, 0.4) is 0 Å². The smallest absolute Gasteiger partial charge is 0.302 e. The second-order valence-electron chi connectivity index (χ2n) is 20.5. The molecule has 12 rings (SSSR count). The Bertz CT molecular complexity index is 3540. The van der Waals surface area contributed by atoms with Crippen molar-refractivity contribution in [1.29, 1.82) is 0 Å². The van der Waals surface area contributed by atoms with Gasteiger partial charge in [0.2, 0.25) is 0 Å². The van der Waals surface area contributed by atoms with Gasteiger partial charge in [-0.25, -0.2) is 18.7 Å². The molecule has 0 saturated carbocycles. The monoisotopic (exact) mass is 1190 g/mol. The SMILES string of the molecule is COc1ccc(CN(Cc2ccc(OC)cc2)c2cc(C)c(I)c(-c3c(F)c4c5c(c3Cl)=NCNC=5N(Cc3cncn3C(c3ccccc3)(c3ccccc3)c3ccccc3)C=C(OC[C@@]35CCCN3C[C@H](F)C5)O4)n2)cc1. The number of ether oxygens (including phenoxy) is 4. The number of aryl methyl sites for hydroxylation is 1. The maximum absolute atomic E-state index is 18.6. The molecule has 2 aromatic heterocycles. The van der Waals surface area contributed by atoms with Crippen molar-refractivity contribution in [2.24, 2.45) is 4.99 Å². The topological polar surface area (TPSA) is 102 Å². The zero-order valence-corrected chi connectivity index (χ0v) is 46.9. The lowest BCUT2D eigenvalue weighted by Crippen LogP contribution is -2.45. The Hall–Kier alpha value is -7.47.